The number of carbonyl (C=O) groups is 1. The molecule has 0 saturated carbocycles. The van der Waals surface area contributed by atoms with Crippen LogP contribution in [0.2, 0.25) is 0 Å². The maximum absolute atomic E-state index is 13.8. The van der Waals surface area contributed by atoms with E-state index in [0.29, 0.717) is 23.5 Å². The second kappa shape index (κ2) is 11.4. The first-order chi connectivity index (χ1) is 19.0. The zero-order valence-corrected chi connectivity index (χ0v) is 28.3. The topological polar surface area (TPSA) is 37.6 Å². The third-order valence-corrected chi connectivity index (χ3v) is 11.2. The summed E-state index contributed by atoms with van der Waals surface area (Å²) < 4.78 is 15.4. The Morgan fingerprint density at radius 3 is 1.98 bits per heavy atom. The maximum atomic E-state index is 13.8. The monoisotopic (exact) mass is 617 g/mol. The Balaban J connectivity index is 1.87. The molecular weight excluding hydrogens is 571 g/mol. The SMILES string of the molecule is CCOC1=C(C=C2C=C(C(C)(C)C)[Se]C(C(C)(C)C)=C2)C(=O)C1=C(C)c1cc(-c2ccccc2)[o+]c(C(C)(C)C)c1. The summed E-state index contributed by atoms with van der Waals surface area (Å²) in [6, 6.07) is 14.2. The molecule has 4 heteroatoms. The van der Waals surface area contributed by atoms with E-state index in [-0.39, 0.29) is 37.0 Å². The van der Waals surface area contributed by atoms with Crippen LogP contribution in [-0.2, 0) is 14.9 Å². The van der Waals surface area contributed by atoms with Crippen LogP contribution in [0, 0.1) is 10.8 Å². The van der Waals surface area contributed by atoms with Crippen LogP contribution < -0.4 is 0 Å². The van der Waals surface area contributed by atoms with Crippen molar-refractivity contribution in [3.05, 3.63) is 103 Å². The molecule has 1 aromatic heterocycles. The van der Waals surface area contributed by atoms with Gasteiger partial charge < -0.3 is 0 Å². The van der Waals surface area contributed by atoms with Crippen LogP contribution in [0.15, 0.2) is 96.5 Å². The Hall–Kier alpha value is -2.94. The molecule has 41 heavy (non-hydrogen) atoms. The van der Waals surface area contributed by atoms with Crippen molar-refractivity contribution >= 4 is 26.3 Å². The molecule has 1 aliphatic heterocycles. The Morgan fingerprint density at radius 2 is 1.46 bits per heavy atom. The average Bonchev–Trinajstić information content (AvgIpc) is 2.90. The second-order valence-electron chi connectivity index (χ2n) is 14.0. The molecule has 1 aromatic carbocycles. The molecule has 0 bridgehead atoms. The Morgan fingerprint density at radius 1 is 0.878 bits per heavy atom. The van der Waals surface area contributed by atoms with E-state index in [1.807, 2.05) is 56.3 Å². The van der Waals surface area contributed by atoms with Crippen LogP contribution in [0.4, 0.5) is 0 Å². The van der Waals surface area contributed by atoms with Gasteiger partial charge >= 0.3 is 203 Å². The van der Waals surface area contributed by atoms with E-state index in [4.69, 9.17) is 9.15 Å². The van der Waals surface area contributed by atoms with E-state index in [0.717, 1.165) is 33.8 Å². The van der Waals surface area contributed by atoms with Gasteiger partial charge in [-0.2, -0.15) is 0 Å². The first kappa shape index (κ1) is 31.0. The molecule has 0 unspecified atom stereocenters. The fraction of sp³-hybridized carbons (Fsp3) is 0.405. The van der Waals surface area contributed by atoms with Crippen LogP contribution in [0.1, 0.15) is 87.5 Å². The summed E-state index contributed by atoms with van der Waals surface area (Å²) in [5.74, 6) is 2.38. The number of carbonyl (C=O) groups excluding carboxylic acids is 1. The van der Waals surface area contributed by atoms with Gasteiger partial charge in [-0.15, -0.1) is 0 Å². The fourth-order valence-corrected chi connectivity index (χ4v) is 7.27. The molecule has 1 aliphatic carbocycles. The van der Waals surface area contributed by atoms with Gasteiger partial charge in [-0.25, -0.2) is 0 Å². The minimum atomic E-state index is -0.195. The minimum absolute atomic E-state index is 0.0327. The standard InChI is InChI=1S/C37H45O3Se/c1-12-39-34-27(18-24-19-30(36(6,7)8)41-31(20-24)37(9,10)11)33(38)32(34)23(2)26-21-28(25-16-14-13-15-17-25)40-29(22-26)35(3,4)5/h13-22H,12H2,1-11H3/q+1. The van der Waals surface area contributed by atoms with Crippen molar-refractivity contribution in [1.29, 1.82) is 0 Å². The number of allylic oxidation sites excluding steroid dienone is 9. The van der Waals surface area contributed by atoms with Crippen molar-refractivity contribution in [1.82, 2.24) is 0 Å². The zero-order chi connectivity index (χ0) is 30.3. The molecule has 0 saturated heterocycles. The molecule has 0 amide bonds. The molecule has 0 radical (unpaired) electrons. The summed E-state index contributed by atoms with van der Waals surface area (Å²) in [5.41, 5.74) is 5.22. The number of hydrogen-bond donors (Lipinski definition) is 0. The first-order valence-electron chi connectivity index (χ1n) is 14.5. The Labute approximate surface area is 253 Å². The summed E-state index contributed by atoms with van der Waals surface area (Å²) in [5, 5.41) is 0. The van der Waals surface area contributed by atoms with E-state index in [9.17, 15) is 4.79 Å². The summed E-state index contributed by atoms with van der Waals surface area (Å²) >= 11 is 0.288. The summed E-state index contributed by atoms with van der Waals surface area (Å²) in [7, 11) is 0. The number of ether oxygens (including phenoxy) is 1. The van der Waals surface area contributed by atoms with Crippen LogP contribution in [-0.4, -0.2) is 27.3 Å². The molecule has 4 rings (SSSR count). The van der Waals surface area contributed by atoms with E-state index < -0.39 is 0 Å². The quantitative estimate of drug-likeness (QED) is 0.191. The van der Waals surface area contributed by atoms with Gasteiger partial charge in [0.05, 0.1) is 0 Å². The predicted molar refractivity (Wildman–Crippen MR) is 172 cm³/mol. The van der Waals surface area contributed by atoms with Gasteiger partial charge in [0, 0.05) is 0 Å². The van der Waals surface area contributed by atoms with Crippen molar-refractivity contribution in [2.75, 3.05) is 6.61 Å². The van der Waals surface area contributed by atoms with Crippen molar-refractivity contribution in [3.63, 3.8) is 0 Å². The Kier molecular flexibility index (Phi) is 8.61. The zero-order valence-electron chi connectivity index (χ0n) is 26.6. The molecule has 2 heterocycles. The van der Waals surface area contributed by atoms with Gasteiger partial charge in [-0.05, 0) is 32.9 Å². The van der Waals surface area contributed by atoms with Gasteiger partial charge in [0.1, 0.15) is 0 Å². The van der Waals surface area contributed by atoms with E-state index in [1.54, 1.807) is 0 Å². The van der Waals surface area contributed by atoms with Crippen molar-refractivity contribution in [2.45, 2.75) is 81.6 Å². The number of hydrogen-bond acceptors (Lipinski definition) is 2. The predicted octanol–water partition coefficient (Wildman–Crippen LogP) is 9.68. The number of rotatable bonds is 5. The fourth-order valence-electron chi connectivity index (χ4n) is 4.67. The first-order valence-corrected chi connectivity index (χ1v) is 16.2. The van der Waals surface area contributed by atoms with Crippen molar-refractivity contribution in [3.8, 4) is 11.3 Å². The third kappa shape index (κ3) is 6.76. The van der Waals surface area contributed by atoms with E-state index in [1.165, 1.54) is 8.94 Å². The van der Waals surface area contributed by atoms with E-state index in [2.05, 4.69) is 80.5 Å². The second-order valence-corrected chi connectivity index (χ2v) is 16.2. The molecule has 0 spiro atoms. The van der Waals surface area contributed by atoms with Crippen LogP contribution in [0.5, 0.6) is 0 Å². The molecule has 0 fully saturated rings. The molecule has 0 N–H and O–H groups in total. The van der Waals surface area contributed by atoms with Crippen LogP contribution in [0.25, 0.3) is 16.9 Å². The third-order valence-electron chi connectivity index (χ3n) is 7.24. The average molecular weight is 617 g/mol. The van der Waals surface area contributed by atoms with Crippen molar-refractivity contribution in [2.24, 2.45) is 10.8 Å². The van der Waals surface area contributed by atoms with Crippen LogP contribution in [0.3, 0.4) is 0 Å². The summed E-state index contributed by atoms with van der Waals surface area (Å²) in [6.45, 7) is 24.5. The van der Waals surface area contributed by atoms with Gasteiger partial charge in [-0.1, -0.05) is 18.2 Å². The number of ketones is 1. The molecule has 0 atom stereocenters. The normalized spacial score (nSPS) is 17.6. The molecule has 216 valence electrons. The molecule has 2 aromatic rings. The van der Waals surface area contributed by atoms with Gasteiger partial charge in [0.2, 0.25) is 0 Å². The molecular formula is C37H45O3Se+. The molecule has 2 aliphatic rings. The number of benzene rings is 1. The van der Waals surface area contributed by atoms with Crippen molar-refractivity contribution < 1.29 is 13.9 Å². The van der Waals surface area contributed by atoms with Gasteiger partial charge in [0.25, 0.3) is 0 Å². The summed E-state index contributed by atoms with van der Waals surface area (Å²) in [6.07, 6.45) is 6.61. The van der Waals surface area contributed by atoms with Crippen LogP contribution >= 0.6 is 0 Å². The van der Waals surface area contributed by atoms with Gasteiger partial charge in [0.15, 0.2) is 0 Å². The van der Waals surface area contributed by atoms with Gasteiger partial charge in [-0.3, -0.25) is 0 Å². The molecule has 3 nitrogen and oxygen atoms in total. The van der Waals surface area contributed by atoms with E-state index >= 15 is 0 Å². The number of Topliss-reactive ketones (excluding diaryl/α,β-unsaturated/α-hetero) is 1. The Bertz CT molecular complexity index is 1480. The summed E-state index contributed by atoms with van der Waals surface area (Å²) in [4.78, 5) is 13.8.